The zero-order valence-electron chi connectivity index (χ0n) is 21.6. The number of hydrogen-bond acceptors (Lipinski definition) is 10. The first-order valence-corrected chi connectivity index (χ1v) is 12.2. The molecule has 0 aliphatic carbocycles. The van der Waals surface area contributed by atoms with Crippen LogP contribution in [0, 0.1) is 0 Å². The second kappa shape index (κ2) is 8.77. The van der Waals surface area contributed by atoms with Gasteiger partial charge in [-0.25, -0.2) is 9.99 Å². The molecule has 36 heavy (non-hydrogen) atoms. The predicted octanol–water partition coefficient (Wildman–Crippen LogP) is 2.94. The van der Waals surface area contributed by atoms with E-state index in [0.717, 1.165) is 24.2 Å². The van der Waals surface area contributed by atoms with Crippen molar-refractivity contribution in [3.05, 3.63) is 54.2 Å². The molecule has 1 aromatic heterocycles. The van der Waals surface area contributed by atoms with Crippen LogP contribution in [0.2, 0.25) is 0 Å². The summed E-state index contributed by atoms with van der Waals surface area (Å²) in [7, 11) is 3.65. The van der Waals surface area contributed by atoms with Crippen LogP contribution in [0.4, 0.5) is 5.95 Å². The van der Waals surface area contributed by atoms with E-state index >= 15 is 0 Å². The fraction of sp³-hybridized carbons (Fsp3) is 0.462. The van der Waals surface area contributed by atoms with E-state index in [1.165, 1.54) is 0 Å². The van der Waals surface area contributed by atoms with Crippen LogP contribution in [0.3, 0.4) is 0 Å². The number of phenolic OH excluding ortho intramolecular Hbond substituents is 1. The molecular weight excluding hydrogens is 456 g/mol. The Morgan fingerprint density at radius 3 is 2.53 bits per heavy atom. The molecule has 5 rings (SSSR count). The van der Waals surface area contributed by atoms with E-state index in [2.05, 4.69) is 63.5 Å². The molecule has 0 bridgehead atoms. The van der Waals surface area contributed by atoms with E-state index in [1.807, 2.05) is 37.7 Å². The number of benzene rings is 1. The Labute approximate surface area is 211 Å². The molecule has 0 saturated carbocycles. The normalized spacial score (nSPS) is 22.4. The average molecular weight is 491 g/mol. The third-order valence-corrected chi connectivity index (χ3v) is 6.90. The standard InChI is InChI=1S/C26H34N8O2/c1-25(2)13-17(14-26(3,4)32-25)33(5)24-28-15-20(29-30-24)18-8-7-16(11-21(18)35)19-12-22(36-6)23-27-9-10-34(23)31-19/h7-12,15,17,23,27,32,35H,13-14H2,1-6H3. The number of piperidine rings is 1. The van der Waals surface area contributed by atoms with E-state index in [0.29, 0.717) is 22.9 Å². The van der Waals surface area contributed by atoms with Crippen LogP contribution >= 0.6 is 0 Å². The van der Waals surface area contributed by atoms with E-state index in [9.17, 15) is 5.11 Å². The molecule has 10 nitrogen and oxygen atoms in total. The molecule has 1 saturated heterocycles. The zero-order valence-corrected chi connectivity index (χ0v) is 21.6. The molecule has 2 aromatic rings. The first-order valence-electron chi connectivity index (χ1n) is 12.2. The number of phenols is 1. The molecule has 0 amide bonds. The quantitative estimate of drug-likeness (QED) is 0.582. The number of anilines is 1. The van der Waals surface area contributed by atoms with E-state index in [4.69, 9.17) is 4.74 Å². The van der Waals surface area contributed by atoms with Gasteiger partial charge in [0, 0.05) is 53.8 Å². The molecule has 0 spiro atoms. The highest BCUT2D eigenvalue weighted by molar-refractivity contribution is 6.09. The summed E-state index contributed by atoms with van der Waals surface area (Å²) in [5.41, 5.74) is 2.56. The molecule has 1 atom stereocenters. The largest absolute Gasteiger partial charge is 0.507 e. The number of fused-ring (bicyclic) bond motifs is 1. The van der Waals surface area contributed by atoms with E-state index in [1.54, 1.807) is 24.4 Å². The van der Waals surface area contributed by atoms with Crippen molar-refractivity contribution in [3.8, 4) is 17.0 Å². The van der Waals surface area contributed by atoms with Gasteiger partial charge in [-0.1, -0.05) is 6.07 Å². The molecule has 3 aliphatic rings. The van der Waals surface area contributed by atoms with Crippen LogP contribution in [-0.4, -0.2) is 68.5 Å². The Bertz CT molecular complexity index is 1220. The maximum absolute atomic E-state index is 10.8. The number of methoxy groups -OCH3 is 1. The number of hydrazone groups is 1. The Kier molecular flexibility index (Phi) is 5.86. The van der Waals surface area contributed by atoms with Crippen LogP contribution in [0.1, 0.15) is 46.1 Å². The molecule has 1 fully saturated rings. The van der Waals surface area contributed by atoms with Crippen molar-refractivity contribution < 1.29 is 9.84 Å². The summed E-state index contributed by atoms with van der Waals surface area (Å²) in [5.74, 6) is 1.40. The lowest BCUT2D eigenvalue weighted by Crippen LogP contribution is -2.62. The van der Waals surface area contributed by atoms with Gasteiger partial charge in [-0.3, -0.25) is 0 Å². The smallest absolute Gasteiger partial charge is 0.245 e. The van der Waals surface area contributed by atoms with Gasteiger partial charge < -0.3 is 25.4 Å². The highest BCUT2D eigenvalue weighted by Gasteiger charge is 2.39. The fourth-order valence-corrected chi connectivity index (χ4v) is 5.52. The SMILES string of the molecule is COC1=CC(c2ccc(-c3cnc(N(C)C4CC(C)(C)NC(C)(C)C4)nn3)c(O)c2)=NN2C=CNC12. The first-order chi connectivity index (χ1) is 17.0. The van der Waals surface area contributed by atoms with Crippen molar-refractivity contribution in [3.63, 3.8) is 0 Å². The topological polar surface area (TPSA) is 111 Å². The molecule has 1 unspecified atom stereocenters. The number of allylic oxidation sites excluding steroid dienone is 1. The van der Waals surface area contributed by atoms with Gasteiger partial charge in [-0.15, -0.1) is 10.2 Å². The molecular formula is C26H34N8O2. The van der Waals surface area contributed by atoms with Crippen molar-refractivity contribution in [1.82, 2.24) is 30.8 Å². The lowest BCUT2D eigenvalue weighted by molar-refractivity contribution is 0.160. The molecule has 10 heteroatoms. The third-order valence-electron chi connectivity index (χ3n) is 6.90. The minimum absolute atomic E-state index is 0.0197. The summed E-state index contributed by atoms with van der Waals surface area (Å²) in [4.78, 5) is 6.70. The lowest BCUT2D eigenvalue weighted by atomic mass is 9.79. The molecule has 3 N–H and O–H groups in total. The average Bonchev–Trinajstić information content (AvgIpc) is 3.30. The maximum atomic E-state index is 10.8. The number of nitrogens with zero attached hydrogens (tertiary/aromatic N) is 6. The Morgan fingerprint density at radius 2 is 1.89 bits per heavy atom. The van der Waals surface area contributed by atoms with Gasteiger partial charge in [0.1, 0.15) is 17.2 Å². The van der Waals surface area contributed by atoms with E-state index in [-0.39, 0.29) is 29.0 Å². The van der Waals surface area contributed by atoms with Crippen molar-refractivity contribution >= 4 is 11.7 Å². The van der Waals surface area contributed by atoms with Gasteiger partial charge in [-0.05, 0) is 52.7 Å². The minimum Gasteiger partial charge on any atom is -0.507 e. The summed E-state index contributed by atoms with van der Waals surface area (Å²) >= 11 is 0. The predicted molar refractivity (Wildman–Crippen MR) is 139 cm³/mol. The monoisotopic (exact) mass is 490 g/mol. The summed E-state index contributed by atoms with van der Waals surface area (Å²) in [6.45, 7) is 8.91. The molecule has 1 aromatic carbocycles. The zero-order chi connectivity index (χ0) is 25.7. The van der Waals surface area contributed by atoms with Crippen LogP contribution < -0.4 is 15.5 Å². The van der Waals surface area contributed by atoms with Crippen LogP contribution in [0.15, 0.2) is 53.7 Å². The van der Waals surface area contributed by atoms with Crippen LogP contribution in [0.5, 0.6) is 5.75 Å². The van der Waals surface area contributed by atoms with Crippen molar-refractivity contribution in [2.45, 2.75) is 63.8 Å². The Morgan fingerprint density at radius 1 is 1.14 bits per heavy atom. The van der Waals surface area contributed by atoms with Crippen molar-refractivity contribution in [2.24, 2.45) is 5.10 Å². The van der Waals surface area contributed by atoms with Crippen molar-refractivity contribution in [2.75, 3.05) is 19.1 Å². The highest BCUT2D eigenvalue weighted by atomic mass is 16.5. The summed E-state index contributed by atoms with van der Waals surface area (Å²) in [5, 5.41) is 32.9. The number of aromatic nitrogens is 3. The molecule has 0 radical (unpaired) electrons. The number of nitrogens with one attached hydrogen (secondary N) is 2. The minimum atomic E-state index is -0.147. The second-order valence-corrected chi connectivity index (χ2v) is 10.9. The van der Waals surface area contributed by atoms with Gasteiger partial charge in [0.2, 0.25) is 5.95 Å². The highest BCUT2D eigenvalue weighted by Crippen LogP contribution is 2.33. The number of aromatic hydroxyl groups is 1. The summed E-state index contributed by atoms with van der Waals surface area (Å²) in [6.07, 6.45) is 9.01. The number of hydrogen-bond donors (Lipinski definition) is 3. The number of ether oxygens (including phenoxy) is 1. The molecule has 190 valence electrons. The van der Waals surface area contributed by atoms with Crippen molar-refractivity contribution in [1.29, 1.82) is 0 Å². The molecule has 3 aliphatic heterocycles. The molecule has 4 heterocycles. The Hall–Kier alpha value is -3.66. The van der Waals surface area contributed by atoms with Gasteiger partial charge in [0.05, 0.1) is 19.0 Å². The number of rotatable bonds is 5. The van der Waals surface area contributed by atoms with Gasteiger partial charge in [0.25, 0.3) is 0 Å². The van der Waals surface area contributed by atoms with Crippen LogP contribution in [-0.2, 0) is 4.74 Å². The summed E-state index contributed by atoms with van der Waals surface area (Å²) < 4.78 is 5.52. The maximum Gasteiger partial charge on any atom is 0.245 e. The third kappa shape index (κ3) is 4.60. The van der Waals surface area contributed by atoms with Crippen LogP contribution in [0.25, 0.3) is 11.3 Å². The van der Waals surface area contributed by atoms with Gasteiger partial charge >= 0.3 is 0 Å². The first kappa shape index (κ1) is 24.1. The fourth-order valence-electron chi connectivity index (χ4n) is 5.52. The second-order valence-electron chi connectivity index (χ2n) is 10.9. The lowest BCUT2D eigenvalue weighted by Gasteiger charge is -2.48. The Balaban J connectivity index is 1.35. The van der Waals surface area contributed by atoms with E-state index < -0.39 is 0 Å². The summed E-state index contributed by atoms with van der Waals surface area (Å²) in [6, 6.07) is 5.67. The van der Waals surface area contributed by atoms with Gasteiger partial charge in [0.15, 0.2) is 6.17 Å². The van der Waals surface area contributed by atoms with Gasteiger partial charge in [-0.2, -0.15) is 5.10 Å².